The molecule has 0 aromatic heterocycles. The van der Waals surface area contributed by atoms with Gasteiger partial charge in [-0.05, 0) is 50.3 Å². The van der Waals surface area contributed by atoms with Crippen LogP contribution < -0.4 is 4.74 Å². The van der Waals surface area contributed by atoms with Crippen LogP contribution in [0.25, 0.3) is 0 Å². The molecule has 1 aromatic carbocycles. The summed E-state index contributed by atoms with van der Waals surface area (Å²) in [5.41, 5.74) is 3.10. The molecule has 1 atom stereocenters. The number of rotatable bonds is 5. The summed E-state index contributed by atoms with van der Waals surface area (Å²) in [6.45, 7) is 8.00. The molecule has 0 bridgehead atoms. The maximum absolute atomic E-state index is 10.2. The van der Waals surface area contributed by atoms with Crippen LogP contribution in [0.5, 0.6) is 11.5 Å². The van der Waals surface area contributed by atoms with Gasteiger partial charge in [-0.25, -0.2) is 0 Å². The molecule has 0 spiro atoms. The van der Waals surface area contributed by atoms with Crippen LogP contribution in [-0.4, -0.2) is 10.7 Å². The molecule has 1 aromatic rings. The Morgan fingerprint density at radius 2 is 1.86 bits per heavy atom. The predicted molar refractivity (Wildman–Crippen MR) is 88.4 cm³/mol. The molecule has 0 fully saturated rings. The average Bonchev–Trinajstić information content (AvgIpc) is 2.55. The molecule has 3 heteroatoms. The minimum absolute atomic E-state index is 0.368. The molecule has 0 amide bonds. The first kappa shape index (κ1) is 16.7. The summed E-state index contributed by atoms with van der Waals surface area (Å²) in [5, 5.41) is 19.9. The van der Waals surface area contributed by atoms with Crippen molar-refractivity contribution >= 4 is 0 Å². The number of hydrogen-bond donors (Lipinski definition) is 1. The molecule has 1 aliphatic rings. The van der Waals surface area contributed by atoms with Gasteiger partial charge in [0.1, 0.15) is 17.6 Å². The SMILES string of the molecule is CCCCCCC1(C#N)CCc2c(C)c(O)c(C)c(C)c2O1. The number of unbranched alkanes of at least 4 members (excludes halogenated alkanes) is 3. The number of nitrogens with zero attached hydrogens (tertiary/aromatic N) is 1. The summed E-state index contributed by atoms with van der Waals surface area (Å²) < 4.78 is 6.22. The predicted octanol–water partition coefficient (Wildman–Crippen LogP) is 4.88. The molecule has 1 heterocycles. The number of fused-ring (bicyclic) bond motifs is 1. The minimum atomic E-state index is -0.693. The Balaban J connectivity index is 2.28. The van der Waals surface area contributed by atoms with Gasteiger partial charge in [-0.1, -0.05) is 26.2 Å². The molecule has 120 valence electrons. The first-order valence-corrected chi connectivity index (χ1v) is 8.37. The summed E-state index contributed by atoms with van der Waals surface area (Å²) in [7, 11) is 0. The van der Waals surface area contributed by atoms with Gasteiger partial charge in [0.2, 0.25) is 0 Å². The fourth-order valence-electron chi connectivity index (χ4n) is 3.33. The lowest BCUT2D eigenvalue weighted by atomic mass is 9.84. The Bertz CT molecular complexity index is 601. The van der Waals surface area contributed by atoms with Crippen molar-refractivity contribution in [1.29, 1.82) is 5.26 Å². The Labute approximate surface area is 133 Å². The monoisotopic (exact) mass is 301 g/mol. The lowest BCUT2D eigenvalue weighted by Gasteiger charge is -2.35. The van der Waals surface area contributed by atoms with Crippen molar-refractivity contribution in [2.24, 2.45) is 0 Å². The highest BCUT2D eigenvalue weighted by Crippen LogP contribution is 2.44. The summed E-state index contributed by atoms with van der Waals surface area (Å²) in [4.78, 5) is 0. The van der Waals surface area contributed by atoms with E-state index in [0.717, 1.165) is 53.7 Å². The van der Waals surface area contributed by atoms with E-state index in [1.807, 2.05) is 20.8 Å². The van der Waals surface area contributed by atoms with Crippen LogP contribution >= 0.6 is 0 Å². The van der Waals surface area contributed by atoms with Gasteiger partial charge < -0.3 is 9.84 Å². The van der Waals surface area contributed by atoms with Crippen LogP contribution in [0.1, 0.15) is 67.7 Å². The Morgan fingerprint density at radius 1 is 1.14 bits per heavy atom. The van der Waals surface area contributed by atoms with E-state index in [2.05, 4.69) is 13.0 Å². The van der Waals surface area contributed by atoms with Crippen LogP contribution in [-0.2, 0) is 6.42 Å². The summed E-state index contributed by atoms with van der Waals surface area (Å²) in [5.74, 6) is 1.20. The van der Waals surface area contributed by atoms with Gasteiger partial charge in [-0.2, -0.15) is 5.26 Å². The number of phenolic OH excluding ortho intramolecular Hbond substituents is 1. The molecular weight excluding hydrogens is 274 g/mol. The topological polar surface area (TPSA) is 53.2 Å². The fraction of sp³-hybridized carbons (Fsp3) is 0.632. The fourth-order valence-corrected chi connectivity index (χ4v) is 3.33. The zero-order valence-electron chi connectivity index (χ0n) is 14.3. The third-order valence-corrected chi connectivity index (χ3v) is 5.05. The van der Waals surface area contributed by atoms with E-state index < -0.39 is 5.60 Å². The van der Waals surface area contributed by atoms with Crippen LogP contribution in [0.3, 0.4) is 0 Å². The van der Waals surface area contributed by atoms with Crippen molar-refractivity contribution in [3.8, 4) is 17.6 Å². The summed E-state index contributed by atoms with van der Waals surface area (Å²) >= 11 is 0. The summed E-state index contributed by atoms with van der Waals surface area (Å²) in [6.07, 6.45) is 6.90. The van der Waals surface area contributed by atoms with E-state index in [4.69, 9.17) is 4.74 Å². The molecule has 1 N–H and O–H groups in total. The van der Waals surface area contributed by atoms with Crippen LogP contribution in [0.2, 0.25) is 0 Å². The molecule has 2 rings (SSSR count). The number of ether oxygens (including phenoxy) is 1. The molecule has 22 heavy (non-hydrogen) atoms. The van der Waals surface area contributed by atoms with Crippen LogP contribution in [0.15, 0.2) is 0 Å². The minimum Gasteiger partial charge on any atom is -0.507 e. The van der Waals surface area contributed by atoms with Crippen molar-refractivity contribution < 1.29 is 9.84 Å². The maximum atomic E-state index is 10.2. The molecule has 3 nitrogen and oxygen atoms in total. The van der Waals surface area contributed by atoms with Gasteiger partial charge >= 0.3 is 0 Å². The average molecular weight is 301 g/mol. The molecule has 0 radical (unpaired) electrons. The maximum Gasteiger partial charge on any atom is 0.194 e. The van der Waals surface area contributed by atoms with Crippen molar-refractivity contribution in [2.75, 3.05) is 0 Å². The third kappa shape index (κ3) is 2.92. The van der Waals surface area contributed by atoms with Crippen molar-refractivity contribution in [3.63, 3.8) is 0 Å². The van der Waals surface area contributed by atoms with Crippen molar-refractivity contribution in [3.05, 3.63) is 22.3 Å². The second-order valence-corrected chi connectivity index (χ2v) is 6.55. The highest BCUT2D eigenvalue weighted by molar-refractivity contribution is 5.58. The Morgan fingerprint density at radius 3 is 2.50 bits per heavy atom. The second kappa shape index (κ2) is 6.60. The zero-order valence-corrected chi connectivity index (χ0v) is 14.3. The van der Waals surface area contributed by atoms with Gasteiger partial charge in [0.25, 0.3) is 0 Å². The Kier molecular flexibility index (Phi) is 5.01. The van der Waals surface area contributed by atoms with Crippen molar-refractivity contribution in [2.45, 2.75) is 78.2 Å². The van der Waals surface area contributed by atoms with Crippen LogP contribution in [0, 0.1) is 32.1 Å². The molecule has 0 aliphatic carbocycles. The van der Waals surface area contributed by atoms with Crippen LogP contribution in [0.4, 0.5) is 0 Å². The van der Waals surface area contributed by atoms with E-state index in [9.17, 15) is 10.4 Å². The number of hydrogen-bond acceptors (Lipinski definition) is 3. The third-order valence-electron chi connectivity index (χ3n) is 5.05. The highest BCUT2D eigenvalue weighted by atomic mass is 16.5. The molecule has 1 unspecified atom stereocenters. The first-order chi connectivity index (χ1) is 10.5. The van der Waals surface area contributed by atoms with E-state index >= 15 is 0 Å². The highest BCUT2D eigenvalue weighted by Gasteiger charge is 2.38. The molecular formula is C19H27NO2. The normalized spacial score (nSPS) is 20.1. The molecule has 1 aliphatic heterocycles. The van der Waals surface area contributed by atoms with Gasteiger partial charge in [-0.3, -0.25) is 0 Å². The number of nitriles is 1. The quantitative estimate of drug-likeness (QED) is 0.789. The van der Waals surface area contributed by atoms with Gasteiger partial charge in [0.15, 0.2) is 5.60 Å². The van der Waals surface area contributed by atoms with Crippen molar-refractivity contribution in [1.82, 2.24) is 0 Å². The van der Waals surface area contributed by atoms with E-state index in [0.29, 0.717) is 12.2 Å². The lowest BCUT2D eigenvalue weighted by Crippen LogP contribution is -2.38. The van der Waals surface area contributed by atoms with Gasteiger partial charge in [-0.15, -0.1) is 0 Å². The Hall–Kier alpha value is -1.69. The molecule has 0 saturated carbocycles. The first-order valence-electron chi connectivity index (χ1n) is 8.37. The smallest absolute Gasteiger partial charge is 0.194 e. The summed E-state index contributed by atoms with van der Waals surface area (Å²) in [6, 6.07) is 2.43. The number of aromatic hydroxyl groups is 1. The number of benzene rings is 1. The zero-order chi connectivity index (χ0) is 16.3. The second-order valence-electron chi connectivity index (χ2n) is 6.55. The van der Waals surface area contributed by atoms with E-state index in [1.165, 1.54) is 12.8 Å². The van der Waals surface area contributed by atoms with Gasteiger partial charge in [0, 0.05) is 18.4 Å². The lowest BCUT2D eigenvalue weighted by molar-refractivity contribution is 0.0884. The van der Waals surface area contributed by atoms with Gasteiger partial charge in [0.05, 0.1) is 0 Å². The molecule has 0 saturated heterocycles. The van der Waals surface area contributed by atoms with E-state index in [-0.39, 0.29) is 0 Å². The number of phenols is 1. The standard InChI is InChI=1S/C19H27NO2/c1-5-6-7-8-10-19(12-20)11-9-16-15(4)17(21)13(2)14(3)18(16)22-19/h21H,5-11H2,1-4H3. The largest absolute Gasteiger partial charge is 0.507 e. The van der Waals surface area contributed by atoms with E-state index in [1.54, 1.807) is 0 Å².